The van der Waals surface area contributed by atoms with Crippen LogP contribution < -0.4 is 11.1 Å². The van der Waals surface area contributed by atoms with Gasteiger partial charge >= 0.3 is 0 Å². The van der Waals surface area contributed by atoms with Gasteiger partial charge in [0.1, 0.15) is 0 Å². The lowest BCUT2D eigenvalue weighted by Crippen LogP contribution is -2.45. The maximum atomic E-state index is 11.3. The highest BCUT2D eigenvalue weighted by atomic mass is 16.1. The van der Waals surface area contributed by atoms with Crippen LogP contribution in [-0.4, -0.2) is 18.0 Å². The molecule has 2 saturated carbocycles. The third-order valence-corrected chi connectivity index (χ3v) is 4.35. The van der Waals surface area contributed by atoms with Crippen molar-refractivity contribution in [1.29, 1.82) is 0 Å². The second-order valence-corrected chi connectivity index (χ2v) is 5.67. The normalized spacial score (nSPS) is 39.8. The first-order valence-corrected chi connectivity index (χ1v) is 6.72. The van der Waals surface area contributed by atoms with Crippen molar-refractivity contribution in [2.75, 3.05) is 0 Å². The zero-order valence-electron chi connectivity index (χ0n) is 10.2. The van der Waals surface area contributed by atoms with Crippen LogP contribution in [0.3, 0.4) is 0 Å². The van der Waals surface area contributed by atoms with E-state index in [0.29, 0.717) is 12.1 Å². The minimum Gasteiger partial charge on any atom is -0.369 e. The Bertz CT molecular complexity index is 246. The largest absolute Gasteiger partial charge is 0.369 e. The molecule has 0 aromatic heterocycles. The van der Waals surface area contributed by atoms with Gasteiger partial charge in [-0.25, -0.2) is 0 Å². The predicted molar refractivity (Wildman–Crippen MR) is 64.9 cm³/mol. The Hall–Kier alpha value is -0.570. The molecule has 0 spiro atoms. The number of rotatable bonds is 3. The molecule has 2 unspecified atom stereocenters. The van der Waals surface area contributed by atoms with E-state index >= 15 is 0 Å². The van der Waals surface area contributed by atoms with Crippen molar-refractivity contribution in [3.05, 3.63) is 0 Å². The van der Waals surface area contributed by atoms with E-state index in [-0.39, 0.29) is 11.8 Å². The summed E-state index contributed by atoms with van der Waals surface area (Å²) in [5, 5.41) is 3.67. The Labute approximate surface area is 98.2 Å². The summed E-state index contributed by atoms with van der Waals surface area (Å²) in [6, 6.07) is 0.983. The van der Waals surface area contributed by atoms with Crippen molar-refractivity contribution in [3.8, 4) is 0 Å². The van der Waals surface area contributed by atoms with Gasteiger partial charge in [-0.15, -0.1) is 0 Å². The standard InChI is InChI=1S/C13H24N2O/c1-9-5-7-10(8-6-9)15-12-4-2-3-11(12)13(14)16/h9-12,15H,2-8H2,1H3,(H2,14,16). The van der Waals surface area contributed by atoms with Crippen LogP contribution in [0.5, 0.6) is 0 Å². The summed E-state index contributed by atoms with van der Waals surface area (Å²) < 4.78 is 0. The van der Waals surface area contributed by atoms with Crippen molar-refractivity contribution >= 4 is 5.91 Å². The first-order valence-electron chi connectivity index (χ1n) is 6.72. The molecule has 2 aliphatic carbocycles. The summed E-state index contributed by atoms with van der Waals surface area (Å²) in [4.78, 5) is 11.3. The molecule has 0 bridgehead atoms. The number of carbonyl (C=O) groups is 1. The minimum atomic E-state index is -0.112. The van der Waals surface area contributed by atoms with Crippen LogP contribution in [0.15, 0.2) is 0 Å². The molecule has 16 heavy (non-hydrogen) atoms. The first kappa shape index (κ1) is 11.9. The van der Waals surface area contributed by atoms with Crippen molar-refractivity contribution in [2.24, 2.45) is 17.6 Å². The molecule has 2 aliphatic rings. The van der Waals surface area contributed by atoms with Crippen LogP contribution in [0.1, 0.15) is 51.9 Å². The third kappa shape index (κ3) is 2.76. The SMILES string of the molecule is CC1CCC(NC2CCCC2C(N)=O)CC1. The quantitative estimate of drug-likeness (QED) is 0.768. The predicted octanol–water partition coefficient (Wildman–Crippen LogP) is 1.81. The summed E-state index contributed by atoms with van der Waals surface area (Å²) in [7, 11) is 0. The second kappa shape index (κ2) is 5.17. The molecular weight excluding hydrogens is 200 g/mol. The highest BCUT2D eigenvalue weighted by Gasteiger charge is 2.33. The molecule has 92 valence electrons. The van der Waals surface area contributed by atoms with E-state index in [1.54, 1.807) is 0 Å². The molecule has 3 N–H and O–H groups in total. The van der Waals surface area contributed by atoms with Crippen LogP contribution in [0.25, 0.3) is 0 Å². The first-order chi connectivity index (χ1) is 7.66. The topological polar surface area (TPSA) is 55.1 Å². The van der Waals surface area contributed by atoms with Gasteiger partial charge in [-0.1, -0.05) is 13.3 Å². The van der Waals surface area contributed by atoms with Crippen LogP contribution in [0.4, 0.5) is 0 Å². The van der Waals surface area contributed by atoms with Gasteiger partial charge in [0.15, 0.2) is 0 Å². The Balaban J connectivity index is 1.82. The molecule has 3 nitrogen and oxygen atoms in total. The van der Waals surface area contributed by atoms with Gasteiger partial charge in [-0.05, 0) is 44.4 Å². The maximum absolute atomic E-state index is 11.3. The number of hydrogen-bond donors (Lipinski definition) is 2. The van der Waals surface area contributed by atoms with Gasteiger partial charge in [0.05, 0.1) is 5.92 Å². The van der Waals surface area contributed by atoms with E-state index in [4.69, 9.17) is 5.73 Å². The molecule has 2 atom stereocenters. The number of carbonyl (C=O) groups excluding carboxylic acids is 1. The Morgan fingerprint density at radius 2 is 1.81 bits per heavy atom. The molecule has 0 saturated heterocycles. The molecule has 0 aliphatic heterocycles. The highest BCUT2D eigenvalue weighted by molar-refractivity contribution is 5.77. The number of primary amides is 1. The summed E-state index contributed by atoms with van der Waals surface area (Å²) >= 11 is 0. The van der Waals surface area contributed by atoms with E-state index in [2.05, 4.69) is 12.2 Å². The van der Waals surface area contributed by atoms with E-state index in [9.17, 15) is 4.79 Å². The average Bonchev–Trinajstić information content (AvgIpc) is 2.69. The summed E-state index contributed by atoms with van der Waals surface area (Å²) in [6.07, 6.45) is 8.44. The molecule has 3 heteroatoms. The van der Waals surface area contributed by atoms with E-state index in [0.717, 1.165) is 25.2 Å². The van der Waals surface area contributed by atoms with Gasteiger partial charge < -0.3 is 11.1 Å². The zero-order valence-corrected chi connectivity index (χ0v) is 10.2. The van der Waals surface area contributed by atoms with Crippen molar-refractivity contribution in [3.63, 3.8) is 0 Å². The van der Waals surface area contributed by atoms with Crippen LogP contribution in [0.2, 0.25) is 0 Å². The van der Waals surface area contributed by atoms with Gasteiger partial charge in [-0.2, -0.15) is 0 Å². The van der Waals surface area contributed by atoms with Gasteiger partial charge in [0.25, 0.3) is 0 Å². The Morgan fingerprint density at radius 1 is 1.12 bits per heavy atom. The van der Waals surface area contributed by atoms with Gasteiger partial charge in [-0.3, -0.25) is 4.79 Å². The molecular formula is C13H24N2O. The van der Waals surface area contributed by atoms with E-state index in [1.807, 2.05) is 0 Å². The lowest BCUT2D eigenvalue weighted by Gasteiger charge is -2.31. The number of amides is 1. The molecule has 0 radical (unpaired) electrons. The zero-order chi connectivity index (χ0) is 11.5. The van der Waals surface area contributed by atoms with Crippen LogP contribution >= 0.6 is 0 Å². The summed E-state index contributed by atoms with van der Waals surface area (Å²) in [6.45, 7) is 2.33. The van der Waals surface area contributed by atoms with Gasteiger partial charge in [0, 0.05) is 12.1 Å². The second-order valence-electron chi connectivity index (χ2n) is 5.67. The molecule has 0 aromatic carbocycles. The molecule has 0 heterocycles. The lowest BCUT2D eigenvalue weighted by atomic mass is 9.86. The lowest BCUT2D eigenvalue weighted by molar-refractivity contribution is -0.122. The van der Waals surface area contributed by atoms with E-state index < -0.39 is 0 Å². The van der Waals surface area contributed by atoms with Crippen molar-refractivity contribution in [2.45, 2.75) is 64.0 Å². The monoisotopic (exact) mass is 224 g/mol. The number of nitrogens with one attached hydrogen (secondary N) is 1. The molecule has 2 fully saturated rings. The fourth-order valence-electron chi connectivity index (χ4n) is 3.23. The minimum absolute atomic E-state index is 0.0827. The Kier molecular flexibility index (Phi) is 3.85. The number of nitrogens with two attached hydrogens (primary N) is 1. The summed E-state index contributed by atoms with van der Waals surface area (Å²) in [5.41, 5.74) is 5.44. The van der Waals surface area contributed by atoms with Crippen molar-refractivity contribution < 1.29 is 4.79 Å². The fraction of sp³-hybridized carbons (Fsp3) is 0.923. The van der Waals surface area contributed by atoms with Crippen LogP contribution in [0, 0.1) is 11.8 Å². The molecule has 2 rings (SSSR count). The molecule has 1 amide bonds. The highest BCUT2D eigenvalue weighted by Crippen LogP contribution is 2.29. The number of hydrogen-bond acceptors (Lipinski definition) is 2. The van der Waals surface area contributed by atoms with Gasteiger partial charge in [0.2, 0.25) is 5.91 Å². The fourth-order valence-corrected chi connectivity index (χ4v) is 3.23. The Morgan fingerprint density at radius 3 is 2.44 bits per heavy atom. The average molecular weight is 224 g/mol. The van der Waals surface area contributed by atoms with Crippen molar-refractivity contribution in [1.82, 2.24) is 5.32 Å². The maximum Gasteiger partial charge on any atom is 0.222 e. The smallest absolute Gasteiger partial charge is 0.222 e. The third-order valence-electron chi connectivity index (χ3n) is 4.35. The molecule has 0 aromatic rings. The summed E-state index contributed by atoms with van der Waals surface area (Å²) in [5.74, 6) is 0.854. The van der Waals surface area contributed by atoms with Crippen LogP contribution in [-0.2, 0) is 4.79 Å². The van der Waals surface area contributed by atoms with E-state index in [1.165, 1.54) is 25.7 Å².